The molecule has 1 atom stereocenters. The van der Waals surface area contributed by atoms with Gasteiger partial charge in [0.05, 0.1) is 17.5 Å². The second-order valence-electron chi connectivity index (χ2n) is 4.28. The van der Waals surface area contributed by atoms with Crippen molar-refractivity contribution < 1.29 is 18.0 Å². The van der Waals surface area contributed by atoms with Crippen LogP contribution in [0.15, 0.2) is 29.2 Å². The molecule has 3 nitrogen and oxygen atoms in total. The highest BCUT2D eigenvalue weighted by Gasteiger charge is 2.27. The quantitative estimate of drug-likeness (QED) is 0.792. The molecule has 0 spiro atoms. The minimum atomic E-state index is -4.25. The molecular weight excluding hydrogens is 289 g/mol. The van der Waals surface area contributed by atoms with Gasteiger partial charge in [0.2, 0.25) is 5.91 Å². The van der Waals surface area contributed by atoms with E-state index in [1.807, 2.05) is 6.92 Å². The standard InChI is InChI=1S/C13H17F3N2OS/c1-2-5-9(17)12(19)18-10-6-3-4-7-11(10)20-8-13(14,15)16/h3-4,6-7,9H,2,5,8,17H2,1H3,(H,18,19)/t9-/m0/s1. The molecule has 0 aliphatic heterocycles. The first-order chi connectivity index (χ1) is 9.33. The van der Waals surface area contributed by atoms with Crippen LogP contribution in [0.1, 0.15) is 19.8 Å². The summed E-state index contributed by atoms with van der Waals surface area (Å²) in [6.45, 7) is 1.90. The van der Waals surface area contributed by atoms with E-state index in [1.54, 1.807) is 18.2 Å². The second-order valence-corrected chi connectivity index (χ2v) is 5.30. The second kappa shape index (κ2) is 7.54. The van der Waals surface area contributed by atoms with Crippen molar-refractivity contribution in [2.75, 3.05) is 11.1 Å². The van der Waals surface area contributed by atoms with Gasteiger partial charge in [-0.2, -0.15) is 13.2 Å². The van der Waals surface area contributed by atoms with Crippen molar-refractivity contribution in [1.29, 1.82) is 0 Å². The molecule has 1 amide bonds. The first kappa shape index (κ1) is 16.8. The van der Waals surface area contributed by atoms with Gasteiger partial charge in [0.1, 0.15) is 0 Å². The van der Waals surface area contributed by atoms with Crippen LogP contribution in [-0.2, 0) is 4.79 Å². The Hall–Kier alpha value is -1.21. The van der Waals surface area contributed by atoms with Gasteiger partial charge in [0, 0.05) is 4.90 Å². The third kappa shape index (κ3) is 5.83. The summed E-state index contributed by atoms with van der Waals surface area (Å²) in [5.74, 6) is -1.38. The Balaban J connectivity index is 2.72. The zero-order valence-electron chi connectivity index (χ0n) is 11.0. The molecule has 112 valence electrons. The highest BCUT2D eigenvalue weighted by molar-refractivity contribution is 7.99. The monoisotopic (exact) mass is 306 g/mol. The zero-order chi connectivity index (χ0) is 15.2. The molecule has 20 heavy (non-hydrogen) atoms. The van der Waals surface area contributed by atoms with Crippen molar-refractivity contribution >= 4 is 23.4 Å². The number of nitrogens with two attached hydrogens (primary N) is 1. The van der Waals surface area contributed by atoms with Crippen LogP contribution in [0, 0.1) is 0 Å². The molecule has 1 aromatic rings. The number of carbonyl (C=O) groups excluding carboxylic acids is 1. The summed E-state index contributed by atoms with van der Waals surface area (Å²) >= 11 is 0.641. The zero-order valence-corrected chi connectivity index (χ0v) is 11.9. The Kier molecular flexibility index (Phi) is 6.35. The number of halogens is 3. The summed E-state index contributed by atoms with van der Waals surface area (Å²) in [5.41, 5.74) is 6.03. The number of alkyl halides is 3. The van der Waals surface area contributed by atoms with Crippen LogP contribution in [0.3, 0.4) is 0 Å². The highest BCUT2D eigenvalue weighted by Crippen LogP contribution is 2.32. The minimum Gasteiger partial charge on any atom is -0.324 e. The maximum Gasteiger partial charge on any atom is 0.398 e. The topological polar surface area (TPSA) is 55.1 Å². The number of hydrogen-bond acceptors (Lipinski definition) is 3. The van der Waals surface area contributed by atoms with Crippen LogP contribution < -0.4 is 11.1 Å². The van der Waals surface area contributed by atoms with Crippen LogP contribution in [0.5, 0.6) is 0 Å². The van der Waals surface area contributed by atoms with Gasteiger partial charge in [-0.1, -0.05) is 25.5 Å². The van der Waals surface area contributed by atoms with E-state index in [4.69, 9.17) is 5.73 Å². The van der Waals surface area contributed by atoms with Gasteiger partial charge in [-0.05, 0) is 18.6 Å². The number of amides is 1. The molecule has 0 aromatic heterocycles. The lowest BCUT2D eigenvalue weighted by atomic mass is 10.1. The lowest BCUT2D eigenvalue weighted by molar-refractivity contribution is -0.117. The molecule has 1 rings (SSSR count). The lowest BCUT2D eigenvalue weighted by Crippen LogP contribution is -2.35. The molecule has 1 aromatic carbocycles. The van der Waals surface area contributed by atoms with Crippen molar-refractivity contribution in [1.82, 2.24) is 0 Å². The van der Waals surface area contributed by atoms with Crippen molar-refractivity contribution in [3.05, 3.63) is 24.3 Å². The number of benzene rings is 1. The predicted octanol–water partition coefficient (Wildman–Crippen LogP) is 3.41. The molecule has 0 saturated carbocycles. The first-order valence-electron chi connectivity index (χ1n) is 6.18. The summed E-state index contributed by atoms with van der Waals surface area (Å²) in [5, 5.41) is 2.58. The summed E-state index contributed by atoms with van der Waals surface area (Å²) in [4.78, 5) is 12.2. The van der Waals surface area contributed by atoms with Gasteiger partial charge < -0.3 is 11.1 Å². The van der Waals surface area contributed by atoms with Crippen molar-refractivity contribution in [2.45, 2.75) is 36.9 Å². The third-order valence-corrected chi connectivity index (χ3v) is 3.61. The molecule has 0 saturated heterocycles. The molecule has 0 radical (unpaired) electrons. The number of rotatable bonds is 6. The molecule has 0 unspecified atom stereocenters. The Morgan fingerprint density at radius 2 is 2.05 bits per heavy atom. The fourth-order valence-electron chi connectivity index (χ4n) is 1.52. The van der Waals surface area contributed by atoms with Crippen molar-refractivity contribution in [3.8, 4) is 0 Å². The number of thioether (sulfide) groups is 1. The van der Waals surface area contributed by atoms with E-state index in [1.165, 1.54) is 6.07 Å². The largest absolute Gasteiger partial charge is 0.398 e. The Morgan fingerprint density at radius 3 is 2.65 bits per heavy atom. The molecule has 0 fully saturated rings. The lowest BCUT2D eigenvalue weighted by Gasteiger charge is -2.14. The van der Waals surface area contributed by atoms with Crippen LogP contribution in [0.2, 0.25) is 0 Å². The van der Waals surface area contributed by atoms with Gasteiger partial charge >= 0.3 is 6.18 Å². The number of para-hydroxylation sites is 1. The molecule has 0 aliphatic carbocycles. The van der Waals surface area contributed by atoms with Gasteiger partial charge in [0.25, 0.3) is 0 Å². The van der Waals surface area contributed by atoms with E-state index in [0.29, 0.717) is 28.8 Å². The van der Waals surface area contributed by atoms with Gasteiger partial charge in [-0.25, -0.2) is 0 Å². The van der Waals surface area contributed by atoms with E-state index in [9.17, 15) is 18.0 Å². The van der Waals surface area contributed by atoms with Crippen LogP contribution >= 0.6 is 11.8 Å². The SMILES string of the molecule is CCC[C@H](N)C(=O)Nc1ccccc1SCC(F)(F)F. The Labute approximate surface area is 120 Å². The van der Waals surface area contributed by atoms with Gasteiger partial charge in [-0.15, -0.1) is 11.8 Å². The Bertz CT molecular complexity index is 451. The highest BCUT2D eigenvalue weighted by atomic mass is 32.2. The Morgan fingerprint density at radius 1 is 1.40 bits per heavy atom. The molecule has 0 aliphatic rings. The van der Waals surface area contributed by atoms with Crippen LogP contribution in [0.25, 0.3) is 0 Å². The normalized spacial score (nSPS) is 13.1. The van der Waals surface area contributed by atoms with E-state index in [0.717, 1.165) is 6.42 Å². The number of anilines is 1. The predicted molar refractivity (Wildman–Crippen MR) is 74.7 cm³/mol. The first-order valence-corrected chi connectivity index (χ1v) is 7.17. The number of carbonyl (C=O) groups is 1. The molecule has 0 bridgehead atoms. The molecule has 0 heterocycles. The number of nitrogens with one attached hydrogen (secondary N) is 1. The average molecular weight is 306 g/mol. The van der Waals surface area contributed by atoms with Crippen molar-refractivity contribution in [2.24, 2.45) is 5.73 Å². The van der Waals surface area contributed by atoms with Crippen LogP contribution in [-0.4, -0.2) is 23.9 Å². The van der Waals surface area contributed by atoms with E-state index < -0.39 is 18.0 Å². The summed E-state index contributed by atoms with van der Waals surface area (Å²) in [6.07, 6.45) is -2.96. The molecule has 7 heteroatoms. The maximum absolute atomic E-state index is 12.2. The fraction of sp³-hybridized carbons (Fsp3) is 0.462. The summed E-state index contributed by atoms with van der Waals surface area (Å²) in [7, 11) is 0. The van der Waals surface area contributed by atoms with Gasteiger partial charge in [-0.3, -0.25) is 4.79 Å². The summed E-state index contributed by atoms with van der Waals surface area (Å²) in [6, 6.07) is 5.73. The van der Waals surface area contributed by atoms with Crippen molar-refractivity contribution in [3.63, 3.8) is 0 Å². The smallest absolute Gasteiger partial charge is 0.324 e. The van der Waals surface area contributed by atoms with E-state index in [-0.39, 0.29) is 5.91 Å². The van der Waals surface area contributed by atoms with E-state index in [2.05, 4.69) is 5.32 Å². The minimum absolute atomic E-state index is 0.360. The third-order valence-electron chi connectivity index (χ3n) is 2.47. The fourth-order valence-corrected chi connectivity index (χ4v) is 2.29. The van der Waals surface area contributed by atoms with Crippen LogP contribution in [0.4, 0.5) is 18.9 Å². The van der Waals surface area contributed by atoms with E-state index >= 15 is 0 Å². The van der Waals surface area contributed by atoms with Gasteiger partial charge in [0.15, 0.2) is 0 Å². The molecule has 3 N–H and O–H groups in total. The summed E-state index contributed by atoms with van der Waals surface area (Å²) < 4.78 is 36.7. The average Bonchev–Trinajstić information content (AvgIpc) is 2.37. The number of hydrogen-bond donors (Lipinski definition) is 2. The maximum atomic E-state index is 12.2. The molecular formula is C13H17F3N2OS.